The molecule has 0 aromatic heterocycles. The zero-order chi connectivity index (χ0) is 3.58. The molecule has 0 fully saturated rings. The van der Waals surface area contributed by atoms with Gasteiger partial charge in [0.1, 0.15) is 0 Å². The minimum absolute atomic E-state index is 0. The molecule has 0 aliphatic rings. The van der Waals surface area contributed by atoms with Crippen LogP contribution in [0.4, 0.5) is 0 Å². The van der Waals surface area contributed by atoms with Crippen molar-refractivity contribution in [3.63, 3.8) is 0 Å². The third-order valence-corrected chi connectivity index (χ3v) is 0. The second-order valence-electron chi connectivity index (χ2n) is 0.224. The van der Waals surface area contributed by atoms with Gasteiger partial charge in [-0.2, -0.15) is 0 Å². The van der Waals surface area contributed by atoms with E-state index in [0.29, 0.717) is 0 Å². The standard InChI is InChI=1S/O3P.P/c1-4(2)3;/q-3;+3. The van der Waals surface area contributed by atoms with Crippen molar-refractivity contribution in [3.8, 4) is 0 Å². The minimum atomic E-state index is -3.37. The van der Waals surface area contributed by atoms with Crippen LogP contribution in [0.3, 0.4) is 0 Å². The molecule has 0 spiro atoms. The maximum Gasteiger partial charge on any atom is 3.00 e. The van der Waals surface area contributed by atoms with Crippen molar-refractivity contribution in [2.75, 3.05) is 0 Å². The van der Waals surface area contributed by atoms with Gasteiger partial charge < -0.3 is 23.3 Å². The van der Waals surface area contributed by atoms with Gasteiger partial charge in [-0.3, -0.25) is 0 Å². The minimum Gasteiger partial charge on any atom is -0.854 e. The van der Waals surface area contributed by atoms with Gasteiger partial charge in [0.25, 0.3) is 0 Å². The summed E-state index contributed by atoms with van der Waals surface area (Å²) < 4.78 is 0. The molecule has 5 heavy (non-hydrogen) atoms. The fourth-order valence-corrected chi connectivity index (χ4v) is 0. The molecule has 0 saturated carbocycles. The van der Waals surface area contributed by atoms with Crippen LogP contribution >= 0.6 is 18.5 Å². The van der Waals surface area contributed by atoms with Crippen LogP contribution in [-0.2, 0) is 0 Å². The molecule has 0 unspecified atom stereocenters. The van der Waals surface area contributed by atoms with E-state index >= 15 is 0 Å². The van der Waals surface area contributed by atoms with Crippen molar-refractivity contribution in [3.05, 3.63) is 0 Å². The molecule has 0 atom stereocenters. The fourth-order valence-electron chi connectivity index (χ4n) is 0. The van der Waals surface area contributed by atoms with Crippen molar-refractivity contribution >= 4 is 18.5 Å². The summed E-state index contributed by atoms with van der Waals surface area (Å²) in [6.45, 7) is 0. The van der Waals surface area contributed by atoms with Gasteiger partial charge in [-0.15, -0.1) is 0 Å². The van der Waals surface area contributed by atoms with E-state index in [4.69, 9.17) is 14.7 Å². The third kappa shape index (κ3) is 65.0. The molecule has 0 amide bonds. The molecule has 0 aromatic carbocycles. The zero-order valence-corrected chi connectivity index (χ0v) is 3.91. The SMILES string of the molecule is [O-]P([O-])[O-].[P+3]. The summed E-state index contributed by atoms with van der Waals surface area (Å²) in [5, 5.41) is 0. The second-order valence-corrected chi connectivity index (χ2v) is 0.671. The van der Waals surface area contributed by atoms with Crippen LogP contribution in [-0.4, -0.2) is 0 Å². The predicted octanol–water partition coefficient (Wildman–Crippen LogP) is -1.84. The number of rotatable bonds is 0. The fraction of sp³-hybridized carbons (Fsp3) is 0. The normalized spacial score (nSPS) is 7.20. The monoisotopic (exact) mass is 110 g/mol. The molecule has 0 saturated heterocycles. The molecule has 0 aliphatic carbocycles. The van der Waals surface area contributed by atoms with E-state index in [0.717, 1.165) is 0 Å². The quantitative estimate of drug-likeness (QED) is 0.344. The van der Waals surface area contributed by atoms with Gasteiger partial charge in [0.2, 0.25) is 0 Å². The van der Waals surface area contributed by atoms with Gasteiger partial charge in [0.15, 0.2) is 0 Å². The molecule has 0 bridgehead atoms. The van der Waals surface area contributed by atoms with E-state index in [1.807, 2.05) is 0 Å². The van der Waals surface area contributed by atoms with E-state index in [1.54, 1.807) is 0 Å². The Labute approximate surface area is 34.3 Å². The molecule has 0 aliphatic heterocycles. The summed E-state index contributed by atoms with van der Waals surface area (Å²) in [6, 6.07) is 0. The molecule has 5 heteroatoms. The van der Waals surface area contributed by atoms with Crippen LogP contribution in [0, 0.1) is 0 Å². The van der Waals surface area contributed by atoms with Gasteiger partial charge in [0.05, 0.1) is 0 Å². The van der Waals surface area contributed by atoms with Gasteiger partial charge in [0, 0.05) is 0 Å². The summed E-state index contributed by atoms with van der Waals surface area (Å²) in [4.78, 5) is 25.4. The average molecular weight is 110 g/mol. The Morgan fingerprint density at radius 2 is 1.00 bits per heavy atom. The Morgan fingerprint density at radius 3 is 1.00 bits per heavy atom. The topological polar surface area (TPSA) is 69.2 Å². The summed E-state index contributed by atoms with van der Waals surface area (Å²) >= 11 is 0. The van der Waals surface area contributed by atoms with Gasteiger partial charge >= 0.3 is 9.90 Å². The third-order valence-electron chi connectivity index (χ3n) is 0. The van der Waals surface area contributed by atoms with Crippen molar-refractivity contribution in [1.82, 2.24) is 0 Å². The van der Waals surface area contributed by atoms with E-state index < -0.39 is 8.60 Å². The summed E-state index contributed by atoms with van der Waals surface area (Å²) in [5.41, 5.74) is 0. The smallest absolute Gasteiger partial charge is 0.854 e. The Balaban J connectivity index is 0. The molecule has 0 aromatic rings. The predicted molar refractivity (Wildman–Crippen MR) is 13.8 cm³/mol. The first-order valence-electron chi connectivity index (χ1n) is 0.548. The summed E-state index contributed by atoms with van der Waals surface area (Å²) in [7, 11) is -3.37. The maximum absolute atomic E-state index is 8.48. The van der Waals surface area contributed by atoms with E-state index in [1.165, 1.54) is 0 Å². The largest absolute Gasteiger partial charge is 3.00 e. The Kier molecular flexibility index (Phi) is 8.74. The van der Waals surface area contributed by atoms with E-state index in [9.17, 15) is 0 Å². The first kappa shape index (κ1) is 9.22. The summed E-state index contributed by atoms with van der Waals surface area (Å²) in [6.07, 6.45) is 0. The zero-order valence-electron chi connectivity index (χ0n) is 2.12. The van der Waals surface area contributed by atoms with Crippen molar-refractivity contribution < 1.29 is 14.7 Å². The Bertz CT molecular complexity index is 9.61. The summed E-state index contributed by atoms with van der Waals surface area (Å²) in [5.74, 6) is 0. The molecular weight excluding hydrogens is 110 g/mol. The Morgan fingerprint density at radius 1 is 1.00 bits per heavy atom. The van der Waals surface area contributed by atoms with Crippen LogP contribution in [0.15, 0.2) is 0 Å². The molecule has 3 nitrogen and oxygen atoms in total. The van der Waals surface area contributed by atoms with Crippen molar-refractivity contribution in [2.45, 2.75) is 0 Å². The Hall–Kier alpha value is 0.740. The second kappa shape index (κ2) is 4.74. The van der Waals surface area contributed by atoms with E-state index in [2.05, 4.69) is 0 Å². The molecule has 0 rings (SSSR count). The molecule has 0 N–H and O–H groups in total. The molecule has 28 valence electrons. The van der Waals surface area contributed by atoms with Gasteiger partial charge in [-0.1, -0.05) is 0 Å². The number of hydrogen-bond acceptors (Lipinski definition) is 3. The molecular formula is O3P2. The van der Waals surface area contributed by atoms with Crippen LogP contribution in [0.1, 0.15) is 0 Å². The first-order valence-corrected chi connectivity index (χ1v) is 1.64. The van der Waals surface area contributed by atoms with Crippen LogP contribution in [0.5, 0.6) is 0 Å². The first-order chi connectivity index (χ1) is 1.73. The number of hydrogen-bond donors (Lipinski definition) is 0. The average Bonchev–Trinajstić information content (AvgIpc) is 0.811. The van der Waals surface area contributed by atoms with Crippen LogP contribution in [0.25, 0.3) is 0 Å². The van der Waals surface area contributed by atoms with Gasteiger partial charge in [-0.25, -0.2) is 0 Å². The van der Waals surface area contributed by atoms with Gasteiger partial charge in [-0.05, 0) is 0 Å². The molecule has 0 heterocycles. The van der Waals surface area contributed by atoms with Crippen molar-refractivity contribution in [1.29, 1.82) is 0 Å². The maximum atomic E-state index is 8.48. The van der Waals surface area contributed by atoms with E-state index in [-0.39, 0.29) is 9.90 Å². The molecule has 2 radical (unpaired) electrons. The van der Waals surface area contributed by atoms with Crippen molar-refractivity contribution in [2.24, 2.45) is 0 Å². The van der Waals surface area contributed by atoms with Crippen LogP contribution < -0.4 is 14.7 Å². The van der Waals surface area contributed by atoms with Crippen LogP contribution in [0.2, 0.25) is 0 Å².